The number of phenols is 1. The zero-order valence-electron chi connectivity index (χ0n) is 12.5. The number of allylic oxidation sites excluding steroid dienone is 2. The van der Waals surface area contributed by atoms with Gasteiger partial charge in [-0.15, -0.1) is 0 Å². The molecule has 0 saturated heterocycles. The van der Waals surface area contributed by atoms with E-state index >= 15 is 0 Å². The van der Waals surface area contributed by atoms with Gasteiger partial charge < -0.3 is 15.1 Å². The summed E-state index contributed by atoms with van der Waals surface area (Å²) in [5.41, 5.74) is 1.35. The SMILES string of the molecule is CN(C)CC1=C(O)C2=C(CC1)C(=O)c1cccc(O)c1C2=O. The molecule has 0 heterocycles. The maximum atomic E-state index is 12.7. The summed E-state index contributed by atoms with van der Waals surface area (Å²) >= 11 is 0. The molecule has 0 radical (unpaired) electrons. The quantitative estimate of drug-likeness (QED) is 0.875. The molecule has 114 valence electrons. The maximum absolute atomic E-state index is 12.7. The summed E-state index contributed by atoms with van der Waals surface area (Å²) in [5, 5.41) is 20.4. The average molecular weight is 299 g/mol. The second kappa shape index (κ2) is 5.10. The van der Waals surface area contributed by atoms with Crippen LogP contribution in [0.4, 0.5) is 0 Å². The van der Waals surface area contributed by atoms with Gasteiger partial charge in [-0.05, 0) is 38.6 Å². The number of likely N-dealkylation sites (N-methyl/N-ethyl adjacent to an activating group) is 1. The van der Waals surface area contributed by atoms with Gasteiger partial charge in [0, 0.05) is 17.7 Å². The highest BCUT2D eigenvalue weighted by Gasteiger charge is 2.38. The molecule has 0 atom stereocenters. The Bertz CT molecular complexity index is 756. The fourth-order valence-electron chi connectivity index (χ4n) is 3.10. The van der Waals surface area contributed by atoms with Crippen LogP contribution in [0.3, 0.4) is 0 Å². The van der Waals surface area contributed by atoms with Crippen molar-refractivity contribution in [2.24, 2.45) is 0 Å². The Morgan fingerprint density at radius 1 is 1.09 bits per heavy atom. The molecule has 5 nitrogen and oxygen atoms in total. The third-order valence-electron chi connectivity index (χ3n) is 4.07. The number of fused-ring (bicyclic) bond motifs is 1. The van der Waals surface area contributed by atoms with Crippen molar-refractivity contribution < 1.29 is 19.8 Å². The minimum absolute atomic E-state index is 0.0103. The lowest BCUT2D eigenvalue weighted by molar-refractivity contribution is 0.0963. The standard InChI is InChI=1S/C17H17NO4/c1-18(2)8-9-6-7-11-14(15(9)20)17(22)13-10(16(11)21)4-3-5-12(13)19/h3-5,19-20H,6-8H2,1-2H3. The number of aliphatic hydroxyl groups excluding tert-OH is 1. The molecule has 5 heteroatoms. The van der Waals surface area contributed by atoms with Gasteiger partial charge in [0.15, 0.2) is 5.78 Å². The lowest BCUT2D eigenvalue weighted by atomic mass is 9.77. The van der Waals surface area contributed by atoms with E-state index in [0.29, 0.717) is 25.0 Å². The summed E-state index contributed by atoms with van der Waals surface area (Å²) in [6, 6.07) is 4.45. The van der Waals surface area contributed by atoms with E-state index in [-0.39, 0.29) is 34.0 Å². The fraction of sp³-hybridized carbons (Fsp3) is 0.294. The highest BCUT2D eigenvalue weighted by molar-refractivity contribution is 6.29. The number of phenolic OH excluding ortho intramolecular Hbond substituents is 1. The third-order valence-corrected chi connectivity index (χ3v) is 4.07. The first-order valence-electron chi connectivity index (χ1n) is 7.12. The minimum Gasteiger partial charge on any atom is -0.507 e. The molecule has 0 unspecified atom stereocenters. The second-order valence-corrected chi connectivity index (χ2v) is 5.90. The Balaban J connectivity index is 2.17. The number of hydrogen-bond donors (Lipinski definition) is 2. The molecule has 22 heavy (non-hydrogen) atoms. The van der Waals surface area contributed by atoms with Crippen LogP contribution < -0.4 is 0 Å². The molecule has 0 spiro atoms. The van der Waals surface area contributed by atoms with Crippen molar-refractivity contribution in [3.8, 4) is 5.75 Å². The molecule has 0 aromatic heterocycles. The molecular formula is C17H17NO4. The summed E-state index contributed by atoms with van der Waals surface area (Å²) in [7, 11) is 3.75. The summed E-state index contributed by atoms with van der Waals surface area (Å²) in [6.45, 7) is 0.526. The molecule has 1 aromatic carbocycles. The Kier molecular flexibility index (Phi) is 3.37. The van der Waals surface area contributed by atoms with E-state index in [2.05, 4.69) is 0 Å². The Morgan fingerprint density at radius 3 is 2.50 bits per heavy atom. The lowest BCUT2D eigenvalue weighted by Gasteiger charge is -2.27. The number of ketones is 2. The molecular weight excluding hydrogens is 282 g/mol. The fourth-order valence-corrected chi connectivity index (χ4v) is 3.10. The normalized spacial score (nSPS) is 18.0. The molecule has 0 saturated carbocycles. The first-order valence-corrected chi connectivity index (χ1v) is 7.12. The predicted molar refractivity (Wildman–Crippen MR) is 81.2 cm³/mol. The predicted octanol–water partition coefficient (Wildman–Crippen LogP) is 2.24. The number of aliphatic hydroxyl groups is 1. The zero-order valence-corrected chi connectivity index (χ0v) is 12.5. The van der Waals surface area contributed by atoms with E-state index in [1.807, 2.05) is 19.0 Å². The average Bonchev–Trinajstić information content (AvgIpc) is 2.46. The van der Waals surface area contributed by atoms with E-state index in [9.17, 15) is 19.8 Å². The molecule has 0 bridgehead atoms. The van der Waals surface area contributed by atoms with Gasteiger partial charge in [0.05, 0.1) is 11.1 Å². The van der Waals surface area contributed by atoms with Crippen LogP contribution in [0.15, 0.2) is 40.7 Å². The van der Waals surface area contributed by atoms with E-state index < -0.39 is 5.78 Å². The van der Waals surface area contributed by atoms with E-state index in [1.54, 1.807) is 6.07 Å². The third kappa shape index (κ3) is 2.05. The van der Waals surface area contributed by atoms with Crippen LogP contribution in [0.5, 0.6) is 5.75 Å². The largest absolute Gasteiger partial charge is 0.507 e. The van der Waals surface area contributed by atoms with Gasteiger partial charge in [-0.2, -0.15) is 0 Å². The van der Waals surface area contributed by atoms with Crippen LogP contribution in [-0.4, -0.2) is 47.3 Å². The molecule has 1 aromatic rings. The van der Waals surface area contributed by atoms with Crippen molar-refractivity contribution in [1.29, 1.82) is 0 Å². The molecule has 2 aliphatic carbocycles. The van der Waals surface area contributed by atoms with E-state index in [1.165, 1.54) is 12.1 Å². The monoisotopic (exact) mass is 299 g/mol. The summed E-state index contributed by atoms with van der Waals surface area (Å²) in [6.07, 6.45) is 0.984. The number of rotatable bonds is 2. The van der Waals surface area contributed by atoms with Gasteiger partial charge in [0.2, 0.25) is 5.78 Å². The highest BCUT2D eigenvalue weighted by atomic mass is 16.3. The van der Waals surface area contributed by atoms with Gasteiger partial charge in [0.25, 0.3) is 0 Å². The first kappa shape index (κ1) is 14.5. The van der Waals surface area contributed by atoms with Crippen molar-refractivity contribution in [3.05, 3.63) is 51.8 Å². The van der Waals surface area contributed by atoms with Crippen LogP contribution in [0.25, 0.3) is 0 Å². The van der Waals surface area contributed by atoms with Crippen LogP contribution in [0, 0.1) is 0 Å². The molecule has 0 aliphatic heterocycles. The number of carbonyl (C=O) groups is 2. The minimum atomic E-state index is -0.476. The van der Waals surface area contributed by atoms with Crippen LogP contribution in [0.1, 0.15) is 33.6 Å². The van der Waals surface area contributed by atoms with Crippen molar-refractivity contribution in [2.45, 2.75) is 12.8 Å². The molecule has 0 fully saturated rings. The van der Waals surface area contributed by atoms with Crippen molar-refractivity contribution >= 4 is 11.6 Å². The summed E-state index contributed by atoms with van der Waals surface area (Å²) in [4.78, 5) is 27.1. The lowest BCUT2D eigenvalue weighted by Crippen LogP contribution is -2.28. The summed E-state index contributed by atoms with van der Waals surface area (Å²) < 4.78 is 0. The number of carbonyl (C=O) groups excluding carboxylic acids is 2. The Morgan fingerprint density at radius 2 is 1.82 bits per heavy atom. The van der Waals surface area contributed by atoms with Gasteiger partial charge in [0.1, 0.15) is 11.5 Å². The first-order chi connectivity index (χ1) is 10.4. The smallest absolute Gasteiger partial charge is 0.201 e. The van der Waals surface area contributed by atoms with Gasteiger partial charge in [-0.1, -0.05) is 12.1 Å². The van der Waals surface area contributed by atoms with Crippen LogP contribution in [0.2, 0.25) is 0 Å². The zero-order chi connectivity index (χ0) is 16.0. The van der Waals surface area contributed by atoms with E-state index in [0.717, 1.165) is 5.57 Å². The number of benzene rings is 1. The molecule has 2 N–H and O–H groups in total. The van der Waals surface area contributed by atoms with Crippen LogP contribution >= 0.6 is 0 Å². The molecule has 3 rings (SSSR count). The van der Waals surface area contributed by atoms with Crippen molar-refractivity contribution in [3.63, 3.8) is 0 Å². The molecule has 0 amide bonds. The number of Topliss-reactive ketones (excluding diaryl/α,β-unsaturated/α-hetero) is 2. The van der Waals surface area contributed by atoms with Crippen molar-refractivity contribution in [2.75, 3.05) is 20.6 Å². The summed E-state index contributed by atoms with van der Waals surface area (Å²) in [5.74, 6) is -1.09. The maximum Gasteiger partial charge on any atom is 0.201 e. The van der Waals surface area contributed by atoms with Gasteiger partial charge in [-0.25, -0.2) is 0 Å². The number of aromatic hydroxyl groups is 1. The molecule has 2 aliphatic rings. The van der Waals surface area contributed by atoms with E-state index in [4.69, 9.17) is 0 Å². The van der Waals surface area contributed by atoms with Gasteiger partial charge in [-0.3, -0.25) is 9.59 Å². The Hall–Kier alpha value is -2.40. The topological polar surface area (TPSA) is 77.8 Å². The highest BCUT2D eigenvalue weighted by Crippen LogP contribution is 2.40. The van der Waals surface area contributed by atoms with Crippen LogP contribution in [-0.2, 0) is 0 Å². The van der Waals surface area contributed by atoms with Gasteiger partial charge >= 0.3 is 0 Å². The number of hydrogen-bond acceptors (Lipinski definition) is 5. The number of nitrogens with zero attached hydrogens (tertiary/aromatic N) is 1. The van der Waals surface area contributed by atoms with Crippen molar-refractivity contribution in [1.82, 2.24) is 4.90 Å². The second-order valence-electron chi connectivity index (χ2n) is 5.90. The Labute approximate surface area is 128 Å².